The molecule has 0 radical (unpaired) electrons. The molecule has 2 heterocycles. The van der Waals surface area contributed by atoms with Gasteiger partial charge in [-0.15, -0.1) is 0 Å². The zero-order valence-electron chi connectivity index (χ0n) is 14.4. The van der Waals surface area contributed by atoms with Gasteiger partial charge in [0, 0.05) is 25.6 Å². The van der Waals surface area contributed by atoms with E-state index in [2.05, 4.69) is 5.32 Å². The summed E-state index contributed by atoms with van der Waals surface area (Å²) in [6, 6.07) is 0. The Balaban J connectivity index is 1.54. The monoisotopic (exact) mass is 355 g/mol. The summed E-state index contributed by atoms with van der Waals surface area (Å²) in [7, 11) is 0. The summed E-state index contributed by atoms with van der Waals surface area (Å²) in [5.41, 5.74) is -0.782. The maximum atomic E-state index is 12.5. The largest absolute Gasteiger partial charge is 0.465 e. The van der Waals surface area contributed by atoms with E-state index in [0.717, 1.165) is 31.5 Å². The van der Waals surface area contributed by atoms with Gasteiger partial charge in [-0.3, -0.25) is 14.2 Å². The molecule has 7 nitrogen and oxygen atoms in total. The van der Waals surface area contributed by atoms with Crippen LogP contribution in [0.15, 0.2) is 4.99 Å². The lowest BCUT2D eigenvalue weighted by atomic mass is 9.86. The molecule has 1 saturated carbocycles. The Hall–Kier alpha value is -1.70. The molecular weight excluding hydrogens is 329 g/mol. The first kappa shape index (κ1) is 18.1. The molecule has 25 heavy (non-hydrogen) atoms. The van der Waals surface area contributed by atoms with Crippen molar-refractivity contribution in [1.82, 2.24) is 10.2 Å². The van der Waals surface area contributed by atoms with Gasteiger partial charge in [0.15, 0.2) is 0 Å². The van der Waals surface area contributed by atoms with Gasteiger partial charge in [0.05, 0.1) is 12.8 Å². The number of nitrogens with one attached hydrogen (secondary N) is 1. The number of amidine groups is 1. The minimum absolute atomic E-state index is 0.0890. The molecule has 2 N–H and O–H groups in total. The van der Waals surface area contributed by atoms with Crippen molar-refractivity contribution in [3.63, 3.8) is 0 Å². The van der Waals surface area contributed by atoms with Gasteiger partial charge >= 0.3 is 6.09 Å². The van der Waals surface area contributed by atoms with Crippen LogP contribution in [0.25, 0.3) is 0 Å². The number of hydrogen-bond donors (Lipinski definition) is 2. The number of carbonyl (C=O) groups excluding carboxylic acids is 1. The molecule has 1 saturated heterocycles. The number of carboxylic acid groups (broad SMARTS) is 1. The Bertz CT molecular complexity index is 538. The summed E-state index contributed by atoms with van der Waals surface area (Å²) >= 11 is 0. The predicted molar refractivity (Wildman–Crippen MR) is 89.4 cm³/mol. The molecule has 1 spiro atoms. The average Bonchev–Trinajstić information content (AvgIpc) is 2.92. The van der Waals surface area contributed by atoms with E-state index < -0.39 is 11.6 Å². The molecular formula is C17H26FN3O4. The van der Waals surface area contributed by atoms with Gasteiger partial charge in [0.2, 0.25) is 0 Å². The molecule has 0 bridgehead atoms. The lowest BCUT2D eigenvalue weighted by Crippen LogP contribution is -2.50. The number of amides is 2. The standard InChI is InChI=1S/C17H26FN3O4/c18-8-1-11-25-13-4-2-12(3-5-13)14-19-15(22)17(20-14)6-9-21(10-7-17)16(23)24/h12-13H,1-11H2,(H,23,24)(H,19,20,22). The van der Waals surface area contributed by atoms with Crippen LogP contribution in [0, 0.1) is 5.92 Å². The Morgan fingerprint density at radius 2 is 2.00 bits per heavy atom. The second kappa shape index (κ2) is 7.68. The number of nitrogens with zero attached hydrogens (tertiary/aromatic N) is 2. The Morgan fingerprint density at radius 1 is 1.32 bits per heavy atom. The molecule has 1 aliphatic carbocycles. The smallest absolute Gasteiger partial charge is 0.407 e. The van der Waals surface area contributed by atoms with Crippen LogP contribution < -0.4 is 5.32 Å². The molecule has 2 aliphatic heterocycles. The fraction of sp³-hybridized carbons (Fsp3) is 0.824. The normalized spacial score (nSPS) is 28.8. The second-order valence-corrected chi connectivity index (χ2v) is 7.14. The van der Waals surface area contributed by atoms with E-state index in [-0.39, 0.29) is 24.6 Å². The molecule has 2 fully saturated rings. The summed E-state index contributed by atoms with van der Waals surface area (Å²) in [4.78, 5) is 29.6. The quantitative estimate of drug-likeness (QED) is 0.738. The highest BCUT2D eigenvalue weighted by atomic mass is 19.1. The van der Waals surface area contributed by atoms with Gasteiger partial charge in [-0.2, -0.15) is 0 Å². The number of alkyl halides is 1. The molecule has 2 amide bonds. The van der Waals surface area contributed by atoms with E-state index in [1.165, 1.54) is 4.90 Å². The molecule has 0 unspecified atom stereocenters. The van der Waals surface area contributed by atoms with Crippen LogP contribution in [0.1, 0.15) is 44.9 Å². The number of piperidine rings is 1. The number of hydrogen-bond acceptors (Lipinski definition) is 4. The van der Waals surface area contributed by atoms with Crippen molar-refractivity contribution in [2.45, 2.75) is 56.6 Å². The van der Waals surface area contributed by atoms with Crippen LogP contribution in [-0.4, -0.2) is 65.9 Å². The summed E-state index contributed by atoms with van der Waals surface area (Å²) in [5, 5.41) is 12.0. The lowest BCUT2D eigenvalue weighted by molar-refractivity contribution is -0.125. The summed E-state index contributed by atoms with van der Waals surface area (Å²) in [6.07, 6.45) is 4.15. The van der Waals surface area contributed by atoms with Gasteiger partial charge in [-0.25, -0.2) is 4.79 Å². The highest BCUT2D eigenvalue weighted by molar-refractivity contribution is 6.09. The number of halogens is 1. The van der Waals surface area contributed by atoms with Gasteiger partial charge in [0.1, 0.15) is 11.4 Å². The van der Waals surface area contributed by atoms with Gasteiger partial charge in [-0.05, 0) is 44.9 Å². The first-order valence-corrected chi connectivity index (χ1v) is 9.11. The first-order chi connectivity index (χ1) is 12.0. The van der Waals surface area contributed by atoms with Gasteiger partial charge in [-0.1, -0.05) is 0 Å². The first-order valence-electron chi connectivity index (χ1n) is 9.11. The number of ether oxygens (including phenoxy) is 1. The third-order valence-corrected chi connectivity index (χ3v) is 5.55. The van der Waals surface area contributed by atoms with Crippen LogP contribution in [-0.2, 0) is 9.53 Å². The third kappa shape index (κ3) is 3.94. The van der Waals surface area contributed by atoms with Crippen LogP contribution in [0.5, 0.6) is 0 Å². The lowest BCUT2D eigenvalue weighted by Gasteiger charge is -2.33. The number of carbonyl (C=O) groups is 2. The van der Waals surface area contributed by atoms with Crippen molar-refractivity contribution in [3.05, 3.63) is 0 Å². The third-order valence-electron chi connectivity index (χ3n) is 5.55. The van der Waals surface area contributed by atoms with Crippen molar-refractivity contribution in [3.8, 4) is 0 Å². The number of rotatable bonds is 5. The Labute approximate surface area is 146 Å². The summed E-state index contributed by atoms with van der Waals surface area (Å²) < 4.78 is 17.8. The molecule has 3 aliphatic rings. The average molecular weight is 355 g/mol. The maximum Gasteiger partial charge on any atom is 0.407 e. The minimum atomic E-state index is -0.941. The zero-order chi connectivity index (χ0) is 17.9. The van der Waals surface area contributed by atoms with Crippen molar-refractivity contribution >= 4 is 17.8 Å². The fourth-order valence-corrected chi connectivity index (χ4v) is 3.95. The Morgan fingerprint density at radius 3 is 2.60 bits per heavy atom. The highest BCUT2D eigenvalue weighted by Gasteiger charge is 2.47. The van der Waals surface area contributed by atoms with Crippen molar-refractivity contribution in [2.75, 3.05) is 26.4 Å². The van der Waals surface area contributed by atoms with Crippen LogP contribution >= 0.6 is 0 Å². The SMILES string of the molecule is O=C(O)N1CCC2(CC1)N=C(C1CCC(OCCCF)CC1)NC2=O. The zero-order valence-corrected chi connectivity index (χ0v) is 14.4. The van der Waals surface area contributed by atoms with Gasteiger partial charge < -0.3 is 20.1 Å². The van der Waals surface area contributed by atoms with E-state index >= 15 is 0 Å². The predicted octanol–water partition coefficient (Wildman–Crippen LogP) is 1.96. The maximum absolute atomic E-state index is 12.5. The van der Waals surface area contributed by atoms with Crippen molar-refractivity contribution < 1.29 is 23.8 Å². The fourth-order valence-electron chi connectivity index (χ4n) is 3.95. The van der Waals surface area contributed by atoms with Crippen LogP contribution in [0.3, 0.4) is 0 Å². The van der Waals surface area contributed by atoms with E-state index in [9.17, 15) is 14.0 Å². The highest BCUT2D eigenvalue weighted by Crippen LogP contribution is 2.34. The molecule has 140 valence electrons. The van der Waals surface area contributed by atoms with Gasteiger partial charge in [0.25, 0.3) is 5.91 Å². The molecule has 0 atom stereocenters. The molecule has 0 aromatic carbocycles. The van der Waals surface area contributed by atoms with E-state index in [1.807, 2.05) is 0 Å². The summed E-state index contributed by atoms with van der Waals surface area (Å²) in [6.45, 7) is 0.801. The second-order valence-electron chi connectivity index (χ2n) is 7.14. The molecule has 8 heteroatoms. The topological polar surface area (TPSA) is 91.2 Å². The number of aliphatic imine (C=N–C) groups is 1. The van der Waals surface area contributed by atoms with E-state index in [1.54, 1.807) is 0 Å². The summed E-state index contributed by atoms with van der Waals surface area (Å²) in [5.74, 6) is 0.895. The Kier molecular flexibility index (Phi) is 5.56. The van der Waals surface area contributed by atoms with Crippen LogP contribution in [0.2, 0.25) is 0 Å². The van der Waals surface area contributed by atoms with E-state index in [0.29, 0.717) is 39.0 Å². The molecule has 3 rings (SSSR count). The van der Waals surface area contributed by atoms with Crippen molar-refractivity contribution in [2.24, 2.45) is 10.9 Å². The van der Waals surface area contributed by atoms with Crippen LogP contribution in [0.4, 0.5) is 9.18 Å². The molecule has 0 aromatic heterocycles. The number of likely N-dealkylation sites (tertiary alicyclic amines) is 1. The minimum Gasteiger partial charge on any atom is -0.465 e. The molecule has 0 aromatic rings. The van der Waals surface area contributed by atoms with E-state index in [4.69, 9.17) is 14.8 Å². The van der Waals surface area contributed by atoms with Crippen molar-refractivity contribution in [1.29, 1.82) is 0 Å².